The number of hydrogen-bond acceptors (Lipinski definition) is 2. The molecule has 4 heteroatoms. The molecule has 2 nitrogen and oxygen atoms in total. The first-order valence-electron chi connectivity index (χ1n) is 4.41. The quantitative estimate of drug-likeness (QED) is 0.766. The molecule has 0 aliphatic carbocycles. The largest absolute Gasteiger partial charge is 0.495 e. The highest BCUT2D eigenvalue weighted by Crippen LogP contribution is 2.27. The van der Waals surface area contributed by atoms with E-state index in [0.717, 1.165) is 5.69 Å². The Hall–Kier alpha value is -0.960. The third-order valence-corrected chi connectivity index (χ3v) is 2.02. The Balaban J connectivity index is 2.67. The topological polar surface area (TPSA) is 21.3 Å². The summed E-state index contributed by atoms with van der Waals surface area (Å²) in [6, 6.07) is 5.29. The third-order valence-electron chi connectivity index (χ3n) is 1.79. The maximum Gasteiger partial charge on any atom is 0.142 e. The van der Waals surface area contributed by atoms with E-state index in [9.17, 15) is 4.39 Å². The van der Waals surface area contributed by atoms with Crippen LogP contribution in [0.4, 0.5) is 10.1 Å². The van der Waals surface area contributed by atoms with Crippen molar-refractivity contribution in [2.75, 3.05) is 25.6 Å². The highest BCUT2D eigenvalue weighted by molar-refractivity contribution is 6.30. The van der Waals surface area contributed by atoms with E-state index in [1.54, 1.807) is 25.3 Å². The van der Waals surface area contributed by atoms with Gasteiger partial charge in [0.25, 0.3) is 0 Å². The standard InChI is InChI=1S/C10H13ClFNO/c1-14-10-4-3-8(11)7-9(10)13-6-2-5-12/h3-4,7,13H,2,5-6H2,1H3. The first-order chi connectivity index (χ1) is 6.77. The van der Waals surface area contributed by atoms with Crippen molar-refractivity contribution in [2.45, 2.75) is 6.42 Å². The highest BCUT2D eigenvalue weighted by Gasteiger charge is 2.02. The van der Waals surface area contributed by atoms with Gasteiger partial charge in [0.2, 0.25) is 0 Å². The van der Waals surface area contributed by atoms with Gasteiger partial charge < -0.3 is 10.1 Å². The molecule has 0 aromatic heterocycles. The van der Waals surface area contributed by atoms with Crippen LogP contribution < -0.4 is 10.1 Å². The van der Waals surface area contributed by atoms with E-state index in [0.29, 0.717) is 23.7 Å². The summed E-state index contributed by atoms with van der Waals surface area (Å²) in [7, 11) is 1.59. The van der Waals surface area contributed by atoms with Crippen LogP contribution in [-0.4, -0.2) is 20.3 Å². The van der Waals surface area contributed by atoms with E-state index in [1.807, 2.05) is 0 Å². The minimum absolute atomic E-state index is 0.324. The van der Waals surface area contributed by atoms with Gasteiger partial charge in [-0.05, 0) is 24.6 Å². The molecular weight excluding hydrogens is 205 g/mol. The van der Waals surface area contributed by atoms with Crippen LogP contribution in [0.25, 0.3) is 0 Å². The van der Waals surface area contributed by atoms with Gasteiger partial charge in [0.1, 0.15) is 5.75 Å². The van der Waals surface area contributed by atoms with E-state index >= 15 is 0 Å². The van der Waals surface area contributed by atoms with Crippen molar-refractivity contribution in [3.8, 4) is 5.75 Å². The van der Waals surface area contributed by atoms with Crippen LogP contribution in [-0.2, 0) is 0 Å². The zero-order valence-corrected chi connectivity index (χ0v) is 8.77. The van der Waals surface area contributed by atoms with Gasteiger partial charge in [-0.3, -0.25) is 4.39 Å². The molecule has 0 bridgehead atoms. The predicted molar refractivity (Wildman–Crippen MR) is 57.1 cm³/mol. The maximum atomic E-state index is 11.9. The lowest BCUT2D eigenvalue weighted by atomic mass is 10.3. The summed E-state index contributed by atoms with van der Waals surface area (Å²) in [5, 5.41) is 3.69. The van der Waals surface area contributed by atoms with Crippen molar-refractivity contribution in [1.82, 2.24) is 0 Å². The Bertz CT molecular complexity index is 293. The van der Waals surface area contributed by atoms with Crippen LogP contribution in [0, 0.1) is 0 Å². The van der Waals surface area contributed by atoms with Gasteiger partial charge in [0, 0.05) is 11.6 Å². The van der Waals surface area contributed by atoms with Crippen LogP contribution in [0.15, 0.2) is 18.2 Å². The van der Waals surface area contributed by atoms with Crippen LogP contribution in [0.5, 0.6) is 5.75 Å². The van der Waals surface area contributed by atoms with Crippen molar-refractivity contribution in [2.24, 2.45) is 0 Å². The lowest BCUT2D eigenvalue weighted by molar-refractivity contribution is 0.416. The number of benzene rings is 1. The average Bonchev–Trinajstić information content (AvgIpc) is 2.19. The molecule has 0 saturated carbocycles. The molecule has 1 N–H and O–H groups in total. The summed E-state index contributed by atoms with van der Waals surface area (Å²) in [6.45, 7) is 0.253. The van der Waals surface area contributed by atoms with Gasteiger partial charge in [-0.25, -0.2) is 0 Å². The number of nitrogens with one attached hydrogen (secondary N) is 1. The van der Waals surface area contributed by atoms with Crippen molar-refractivity contribution >= 4 is 17.3 Å². The molecular formula is C10H13ClFNO. The molecule has 1 rings (SSSR count). The van der Waals surface area contributed by atoms with Crippen molar-refractivity contribution < 1.29 is 9.13 Å². The van der Waals surface area contributed by atoms with Gasteiger partial charge in [0.05, 0.1) is 19.5 Å². The molecule has 0 unspecified atom stereocenters. The van der Waals surface area contributed by atoms with Crippen LogP contribution in [0.1, 0.15) is 6.42 Å². The summed E-state index contributed by atoms with van der Waals surface area (Å²) < 4.78 is 17.0. The fourth-order valence-corrected chi connectivity index (χ4v) is 1.28. The first kappa shape index (κ1) is 11.1. The fraction of sp³-hybridized carbons (Fsp3) is 0.400. The zero-order chi connectivity index (χ0) is 10.4. The number of methoxy groups -OCH3 is 1. The van der Waals surface area contributed by atoms with Gasteiger partial charge in [-0.15, -0.1) is 0 Å². The second-order valence-electron chi connectivity index (χ2n) is 2.81. The lowest BCUT2D eigenvalue weighted by Gasteiger charge is -2.10. The van der Waals surface area contributed by atoms with E-state index in [1.165, 1.54) is 0 Å². The summed E-state index contributed by atoms with van der Waals surface area (Å²) in [5.41, 5.74) is 0.799. The minimum Gasteiger partial charge on any atom is -0.495 e. The van der Waals surface area contributed by atoms with Gasteiger partial charge in [0.15, 0.2) is 0 Å². The predicted octanol–water partition coefficient (Wildman–Crippen LogP) is 3.12. The number of hydrogen-bond donors (Lipinski definition) is 1. The zero-order valence-electron chi connectivity index (χ0n) is 8.02. The normalized spacial score (nSPS) is 9.93. The molecule has 0 aliphatic heterocycles. The molecule has 0 amide bonds. The summed E-state index contributed by atoms with van der Waals surface area (Å²) >= 11 is 5.82. The van der Waals surface area contributed by atoms with Crippen LogP contribution >= 0.6 is 11.6 Å². The Kier molecular flexibility index (Phi) is 4.53. The highest BCUT2D eigenvalue weighted by atomic mass is 35.5. The number of alkyl halides is 1. The van der Waals surface area contributed by atoms with E-state index in [2.05, 4.69) is 5.32 Å². The maximum absolute atomic E-state index is 11.9. The number of ether oxygens (including phenoxy) is 1. The molecule has 1 aromatic carbocycles. The molecule has 0 saturated heterocycles. The smallest absolute Gasteiger partial charge is 0.142 e. The fourth-order valence-electron chi connectivity index (χ4n) is 1.11. The van der Waals surface area contributed by atoms with Crippen molar-refractivity contribution in [3.63, 3.8) is 0 Å². The number of rotatable bonds is 5. The summed E-state index contributed by atoms with van der Waals surface area (Å²) in [4.78, 5) is 0. The summed E-state index contributed by atoms with van der Waals surface area (Å²) in [6.07, 6.45) is 0.482. The SMILES string of the molecule is COc1ccc(Cl)cc1NCCCF. The second kappa shape index (κ2) is 5.70. The Morgan fingerprint density at radius 1 is 1.50 bits per heavy atom. The van der Waals surface area contributed by atoms with E-state index in [4.69, 9.17) is 16.3 Å². The monoisotopic (exact) mass is 217 g/mol. The lowest BCUT2D eigenvalue weighted by Crippen LogP contribution is -2.03. The Morgan fingerprint density at radius 2 is 2.29 bits per heavy atom. The molecule has 0 fully saturated rings. The summed E-state index contributed by atoms with van der Waals surface area (Å²) in [5.74, 6) is 0.716. The molecule has 0 heterocycles. The number of halogens is 2. The molecule has 0 atom stereocenters. The van der Waals surface area contributed by atoms with Crippen LogP contribution in [0.3, 0.4) is 0 Å². The van der Waals surface area contributed by atoms with Crippen molar-refractivity contribution in [3.05, 3.63) is 23.2 Å². The van der Waals surface area contributed by atoms with E-state index in [-0.39, 0.29) is 6.67 Å². The number of anilines is 1. The first-order valence-corrected chi connectivity index (χ1v) is 4.79. The molecule has 0 spiro atoms. The molecule has 78 valence electrons. The average molecular weight is 218 g/mol. The third kappa shape index (κ3) is 3.07. The molecule has 14 heavy (non-hydrogen) atoms. The molecule has 0 aliphatic rings. The molecule has 0 radical (unpaired) electrons. The van der Waals surface area contributed by atoms with Crippen molar-refractivity contribution in [1.29, 1.82) is 0 Å². The molecule has 1 aromatic rings. The van der Waals surface area contributed by atoms with Gasteiger partial charge >= 0.3 is 0 Å². The van der Waals surface area contributed by atoms with Gasteiger partial charge in [-0.1, -0.05) is 11.6 Å². The van der Waals surface area contributed by atoms with E-state index < -0.39 is 0 Å². The van der Waals surface area contributed by atoms with Gasteiger partial charge in [-0.2, -0.15) is 0 Å². The Morgan fingerprint density at radius 3 is 2.93 bits per heavy atom. The minimum atomic E-state index is -0.324. The second-order valence-corrected chi connectivity index (χ2v) is 3.25. The Labute approximate surface area is 88.0 Å². The van der Waals surface area contributed by atoms with Crippen LogP contribution in [0.2, 0.25) is 5.02 Å².